The highest BCUT2D eigenvalue weighted by atomic mass is 16.5. The lowest BCUT2D eigenvalue weighted by Crippen LogP contribution is -2.46. The summed E-state index contributed by atoms with van der Waals surface area (Å²) in [7, 11) is 1.77. The molecule has 1 saturated heterocycles. The fourth-order valence-electron chi connectivity index (χ4n) is 1.55. The van der Waals surface area contributed by atoms with Gasteiger partial charge in [0.15, 0.2) is 0 Å². The Hall–Kier alpha value is -0.120. The van der Waals surface area contributed by atoms with Gasteiger partial charge < -0.3 is 9.64 Å². The van der Waals surface area contributed by atoms with Crippen LogP contribution >= 0.6 is 0 Å². The summed E-state index contributed by atoms with van der Waals surface area (Å²) in [6.45, 7) is 18.2. The lowest BCUT2D eigenvalue weighted by atomic mass is 10.3. The molecule has 0 radical (unpaired) electrons. The van der Waals surface area contributed by atoms with Crippen LogP contribution in [0.3, 0.4) is 0 Å². The van der Waals surface area contributed by atoms with Crippen molar-refractivity contribution in [2.45, 2.75) is 34.6 Å². The minimum Gasteiger partial charge on any atom is -0.383 e. The van der Waals surface area contributed by atoms with E-state index in [2.05, 4.69) is 16.7 Å². The van der Waals surface area contributed by atoms with Gasteiger partial charge in [-0.15, -0.1) is 0 Å². The normalized spacial score (nSPS) is 16.9. The van der Waals surface area contributed by atoms with Crippen LogP contribution in [-0.4, -0.2) is 62.8 Å². The highest BCUT2D eigenvalue weighted by molar-refractivity contribution is 4.70. The van der Waals surface area contributed by atoms with E-state index in [0.29, 0.717) is 0 Å². The molecule has 1 rings (SSSR count). The number of piperazine rings is 1. The maximum absolute atomic E-state index is 5.04. The molecule has 0 aromatic carbocycles. The van der Waals surface area contributed by atoms with Crippen molar-refractivity contribution in [3.63, 3.8) is 0 Å². The summed E-state index contributed by atoms with van der Waals surface area (Å²) >= 11 is 0. The van der Waals surface area contributed by atoms with Crippen molar-refractivity contribution < 1.29 is 4.74 Å². The molecule has 0 aromatic rings. The summed E-state index contributed by atoms with van der Waals surface area (Å²) in [4.78, 5) is 4.96. The zero-order valence-corrected chi connectivity index (χ0v) is 12.3. The van der Waals surface area contributed by atoms with Gasteiger partial charge in [-0.3, -0.25) is 4.90 Å². The van der Waals surface area contributed by atoms with Gasteiger partial charge in [0.05, 0.1) is 6.61 Å². The fraction of sp³-hybridized carbons (Fsp3) is 1.00. The summed E-state index contributed by atoms with van der Waals surface area (Å²) < 4.78 is 5.04. The average molecular weight is 232 g/mol. The highest BCUT2D eigenvalue weighted by Gasteiger charge is 2.14. The number of nitrogens with zero attached hydrogens (tertiary/aromatic N) is 2. The lowest BCUT2D eigenvalue weighted by Gasteiger charge is -2.33. The van der Waals surface area contributed by atoms with Crippen LogP contribution < -0.4 is 0 Å². The Kier molecular flexibility index (Phi) is 17.0. The molecule has 0 spiro atoms. The third-order valence-corrected chi connectivity index (χ3v) is 2.52. The van der Waals surface area contributed by atoms with Gasteiger partial charge in [-0.1, -0.05) is 34.6 Å². The van der Waals surface area contributed by atoms with Crippen molar-refractivity contribution in [1.82, 2.24) is 9.80 Å². The minimum absolute atomic E-state index is 0.867. The van der Waals surface area contributed by atoms with E-state index in [1.54, 1.807) is 7.11 Å². The first-order valence-electron chi connectivity index (χ1n) is 6.80. The molecule has 0 N–H and O–H groups in total. The highest BCUT2D eigenvalue weighted by Crippen LogP contribution is 1.99. The van der Waals surface area contributed by atoms with E-state index >= 15 is 0 Å². The molecular formula is C13H32N2O. The number of likely N-dealkylation sites (N-methyl/N-ethyl adjacent to an activating group) is 1. The maximum atomic E-state index is 5.04. The van der Waals surface area contributed by atoms with E-state index in [-0.39, 0.29) is 0 Å². The van der Waals surface area contributed by atoms with Gasteiger partial charge in [0.25, 0.3) is 0 Å². The van der Waals surface area contributed by atoms with Crippen LogP contribution in [0.15, 0.2) is 0 Å². The Bertz CT molecular complexity index is 113. The SMILES string of the molecule is CC.CC.CCN1CCN(CCOC)CC1. The van der Waals surface area contributed by atoms with E-state index in [0.717, 1.165) is 13.2 Å². The summed E-state index contributed by atoms with van der Waals surface area (Å²) in [5.41, 5.74) is 0. The topological polar surface area (TPSA) is 15.7 Å². The van der Waals surface area contributed by atoms with Crippen molar-refractivity contribution in [1.29, 1.82) is 0 Å². The van der Waals surface area contributed by atoms with Crippen LogP contribution in [0.5, 0.6) is 0 Å². The summed E-state index contributed by atoms with van der Waals surface area (Å²) in [5, 5.41) is 0. The molecule has 3 heteroatoms. The van der Waals surface area contributed by atoms with Crippen LogP contribution in [-0.2, 0) is 4.74 Å². The van der Waals surface area contributed by atoms with Gasteiger partial charge in [-0.05, 0) is 6.54 Å². The molecule has 100 valence electrons. The molecule has 1 heterocycles. The van der Waals surface area contributed by atoms with Gasteiger partial charge in [0.1, 0.15) is 0 Å². The standard InChI is InChI=1S/C9H20N2O.2C2H6/c1-3-10-4-6-11(7-5-10)8-9-12-2;2*1-2/h3-9H2,1-2H3;2*1-2H3. The number of rotatable bonds is 4. The van der Waals surface area contributed by atoms with E-state index in [1.807, 2.05) is 27.7 Å². The van der Waals surface area contributed by atoms with E-state index in [4.69, 9.17) is 4.74 Å². The molecule has 0 atom stereocenters. The average Bonchev–Trinajstić information content (AvgIpc) is 2.41. The van der Waals surface area contributed by atoms with Crippen LogP contribution in [0.4, 0.5) is 0 Å². The second-order valence-electron chi connectivity index (χ2n) is 3.27. The molecule has 0 aliphatic carbocycles. The second-order valence-corrected chi connectivity index (χ2v) is 3.27. The quantitative estimate of drug-likeness (QED) is 0.740. The Morgan fingerprint density at radius 3 is 1.69 bits per heavy atom. The molecule has 1 aliphatic rings. The first kappa shape index (κ1) is 18.3. The largest absolute Gasteiger partial charge is 0.383 e. The number of ether oxygens (including phenoxy) is 1. The van der Waals surface area contributed by atoms with Gasteiger partial charge in [-0.2, -0.15) is 0 Å². The van der Waals surface area contributed by atoms with Crippen molar-refractivity contribution in [2.75, 3.05) is 53.0 Å². The summed E-state index contributed by atoms with van der Waals surface area (Å²) in [6, 6.07) is 0. The number of hydrogen-bond donors (Lipinski definition) is 0. The Labute approximate surface area is 103 Å². The van der Waals surface area contributed by atoms with E-state index in [9.17, 15) is 0 Å². The fourth-order valence-corrected chi connectivity index (χ4v) is 1.55. The lowest BCUT2D eigenvalue weighted by molar-refractivity contribution is 0.0995. The molecular weight excluding hydrogens is 200 g/mol. The van der Waals surface area contributed by atoms with Gasteiger partial charge in [0, 0.05) is 39.8 Å². The molecule has 16 heavy (non-hydrogen) atoms. The maximum Gasteiger partial charge on any atom is 0.0589 e. The first-order chi connectivity index (χ1) is 7.86. The minimum atomic E-state index is 0.867. The van der Waals surface area contributed by atoms with Crippen LogP contribution in [0.2, 0.25) is 0 Å². The Morgan fingerprint density at radius 1 is 0.875 bits per heavy atom. The molecule has 0 amide bonds. The zero-order valence-electron chi connectivity index (χ0n) is 12.3. The number of hydrogen-bond acceptors (Lipinski definition) is 3. The Balaban J connectivity index is 0. The van der Waals surface area contributed by atoms with Crippen molar-refractivity contribution in [3.8, 4) is 0 Å². The molecule has 3 nitrogen and oxygen atoms in total. The molecule has 0 bridgehead atoms. The summed E-state index contributed by atoms with van der Waals surface area (Å²) in [6.07, 6.45) is 0. The molecule has 1 fully saturated rings. The first-order valence-corrected chi connectivity index (χ1v) is 6.80. The van der Waals surface area contributed by atoms with Crippen molar-refractivity contribution in [3.05, 3.63) is 0 Å². The molecule has 1 aliphatic heterocycles. The van der Waals surface area contributed by atoms with Crippen LogP contribution in [0, 0.1) is 0 Å². The Morgan fingerprint density at radius 2 is 1.31 bits per heavy atom. The molecule has 0 aromatic heterocycles. The van der Waals surface area contributed by atoms with Crippen LogP contribution in [0.1, 0.15) is 34.6 Å². The van der Waals surface area contributed by atoms with Gasteiger partial charge >= 0.3 is 0 Å². The zero-order chi connectivity index (χ0) is 12.8. The van der Waals surface area contributed by atoms with Crippen LogP contribution in [0.25, 0.3) is 0 Å². The van der Waals surface area contributed by atoms with Crippen molar-refractivity contribution >= 4 is 0 Å². The van der Waals surface area contributed by atoms with E-state index < -0.39 is 0 Å². The van der Waals surface area contributed by atoms with Gasteiger partial charge in [0.2, 0.25) is 0 Å². The second kappa shape index (κ2) is 14.9. The van der Waals surface area contributed by atoms with Gasteiger partial charge in [-0.25, -0.2) is 0 Å². The number of methoxy groups -OCH3 is 1. The predicted octanol–water partition coefficient (Wildman–Crippen LogP) is 2.32. The molecule has 0 unspecified atom stereocenters. The van der Waals surface area contributed by atoms with E-state index in [1.165, 1.54) is 32.7 Å². The smallest absolute Gasteiger partial charge is 0.0589 e. The summed E-state index contributed by atoms with van der Waals surface area (Å²) in [5.74, 6) is 0. The monoisotopic (exact) mass is 232 g/mol. The third-order valence-electron chi connectivity index (χ3n) is 2.52. The third kappa shape index (κ3) is 9.13. The predicted molar refractivity (Wildman–Crippen MR) is 73.1 cm³/mol. The molecule has 0 saturated carbocycles. The van der Waals surface area contributed by atoms with Crippen molar-refractivity contribution in [2.24, 2.45) is 0 Å².